The van der Waals surface area contributed by atoms with Crippen LogP contribution in [0.25, 0.3) is 0 Å². The summed E-state index contributed by atoms with van der Waals surface area (Å²) in [5.74, 6) is 0. The molecule has 0 aliphatic heterocycles. The predicted molar refractivity (Wildman–Crippen MR) is 64.3 cm³/mol. The molecule has 2 heterocycles. The number of anilines is 1. The fourth-order valence-corrected chi connectivity index (χ4v) is 2.23. The summed E-state index contributed by atoms with van der Waals surface area (Å²) in [7, 11) is 1.95. The molecule has 2 aromatic heterocycles. The monoisotopic (exact) mass is 221 g/mol. The van der Waals surface area contributed by atoms with Gasteiger partial charge in [-0.05, 0) is 36.2 Å². The Labute approximate surface area is 93.7 Å². The van der Waals surface area contributed by atoms with Crippen LogP contribution in [0.4, 0.5) is 5.69 Å². The number of aryl methyl sites for hydroxylation is 1. The van der Waals surface area contributed by atoms with E-state index in [4.69, 9.17) is 0 Å². The van der Waals surface area contributed by atoms with E-state index >= 15 is 0 Å². The van der Waals surface area contributed by atoms with Crippen molar-refractivity contribution in [2.24, 2.45) is 7.05 Å². The van der Waals surface area contributed by atoms with E-state index in [1.165, 1.54) is 5.56 Å². The van der Waals surface area contributed by atoms with Crippen molar-refractivity contribution in [2.45, 2.75) is 19.9 Å². The maximum Gasteiger partial charge on any atom is 0.0760 e. The number of thiophene rings is 1. The van der Waals surface area contributed by atoms with Gasteiger partial charge in [0.15, 0.2) is 0 Å². The van der Waals surface area contributed by atoms with Gasteiger partial charge < -0.3 is 5.32 Å². The van der Waals surface area contributed by atoms with Crippen molar-refractivity contribution in [2.75, 3.05) is 5.32 Å². The molecule has 2 rings (SSSR count). The van der Waals surface area contributed by atoms with E-state index in [1.54, 1.807) is 11.3 Å². The van der Waals surface area contributed by atoms with Crippen molar-refractivity contribution in [3.8, 4) is 0 Å². The van der Waals surface area contributed by atoms with E-state index in [9.17, 15) is 0 Å². The van der Waals surface area contributed by atoms with E-state index < -0.39 is 0 Å². The summed E-state index contributed by atoms with van der Waals surface area (Å²) in [5.41, 5.74) is 3.59. The first-order valence-electron chi connectivity index (χ1n) is 4.95. The van der Waals surface area contributed by atoms with Crippen LogP contribution < -0.4 is 5.32 Å². The van der Waals surface area contributed by atoms with Gasteiger partial charge in [-0.3, -0.25) is 4.68 Å². The van der Waals surface area contributed by atoms with Crippen LogP contribution in [0.5, 0.6) is 0 Å². The Morgan fingerprint density at radius 1 is 1.53 bits per heavy atom. The molecule has 0 saturated carbocycles. The smallest absolute Gasteiger partial charge is 0.0760 e. The molecule has 0 radical (unpaired) electrons. The van der Waals surface area contributed by atoms with Crippen molar-refractivity contribution in [1.29, 1.82) is 0 Å². The highest BCUT2D eigenvalue weighted by Crippen LogP contribution is 2.22. The van der Waals surface area contributed by atoms with Gasteiger partial charge in [0, 0.05) is 13.1 Å². The molecule has 4 heteroatoms. The second kappa shape index (κ2) is 4.06. The topological polar surface area (TPSA) is 29.9 Å². The molecule has 0 bridgehead atoms. The van der Waals surface area contributed by atoms with E-state index in [0.29, 0.717) is 6.04 Å². The Morgan fingerprint density at radius 2 is 2.33 bits per heavy atom. The molecule has 15 heavy (non-hydrogen) atoms. The minimum absolute atomic E-state index is 0.333. The fraction of sp³-hybridized carbons (Fsp3) is 0.364. The zero-order valence-electron chi connectivity index (χ0n) is 9.19. The van der Waals surface area contributed by atoms with E-state index in [0.717, 1.165) is 11.4 Å². The average Bonchev–Trinajstić information content (AvgIpc) is 2.83. The van der Waals surface area contributed by atoms with Crippen LogP contribution in [0, 0.1) is 6.92 Å². The van der Waals surface area contributed by atoms with Gasteiger partial charge in [-0.25, -0.2) is 0 Å². The number of hydrogen-bond acceptors (Lipinski definition) is 3. The molecule has 1 N–H and O–H groups in total. The summed E-state index contributed by atoms with van der Waals surface area (Å²) in [6.45, 7) is 4.23. The lowest BCUT2D eigenvalue weighted by atomic mass is 10.2. The Balaban J connectivity index is 2.12. The standard InChI is InChI=1S/C11H15N3S/c1-8(10-4-5-15-7-10)13-11-6-12-14(3)9(11)2/h4-8,13H,1-3H3. The van der Waals surface area contributed by atoms with Gasteiger partial charge in [0.05, 0.1) is 17.6 Å². The lowest BCUT2D eigenvalue weighted by molar-refractivity contribution is 0.739. The second-order valence-corrected chi connectivity index (χ2v) is 4.47. The highest BCUT2D eigenvalue weighted by atomic mass is 32.1. The van der Waals surface area contributed by atoms with Crippen LogP contribution in [-0.4, -0.2) is 9.78 Å². The molecule has 80 valence electrons. The van der Waals surface area contributed by atoms with Gasteiger partial charge in [-0.15, -0.1) is 0 Å². The van der Waals surface area contributed by atoms with E-state index in [2.05, 4.69) is 41.1 Å². The molecule has 2 aromatic rings. The molecule has 0 spiro atoms. The quantitative estimate of drug-likeness (QED) is 0.863. The van der Waals surface area contributed by atoms with Crippen LogP contribution in [-0.2, 0) is 7.05 Å². The highest BCUT2D eigenvalue weighted by Gasteiger charge is 2.09. The Bertz CT molecular complexity index is 431. The van der Waals surface area contributed by atoms with Gasteiger partial charge in [0.25, 0.3) is 0 Å². The zero-order valence-corrected chi connectivity index (χ0v) is 10.0. The first-order valence-corrected chi connectivity index (χ1v) is 5.90. The molecular weight excluding hydrogens is 206 g/mol. The molecule has 0 aliphatic carbocycles. The van der Waals surface area contributed by atoms with E-state index in [1.807, 2.05) is 17.9 Å². The third kappa shape index (κ3) is 2.04. The molecule has 1 atom stereocenters. The number of hydrogen-bond donors (Lipinski definition) is 1. The normalized spacial score (nSPS) is 12.7. The molecule has 0 amide bonds. The van der Waals surface area contributed by atoms with Crippen LogP contribution in [0.2, 0.25) is 0 Å². The van der Waals surface area contributed by atoms with Gasteiger partial charge >= 0.3 is 0 Å². The minimum atomic E-state index is 0.333. The number of rotatable bonds is 3. The first-order chi connectivity index (χ1) is 7.18. The second-order valence-electron chi connectivity index (χ2n) is 3.69. The average molecular weight is 221 g/mol. The lowest BCUT2D eigenvalue weighted by Gasteiger charge is -2.13. The molecule has 0 aliphatic rings. The summed E-state index contributed by atoms with van der Waals surface area (Å²) < 4.78 is 1.88. The summed E-state index contributed by atoms with van der Waals surface area (Å²) in [5, 5.41) is 11.9. The largest absolute Gasteiger partial charge is 0.376 e. The predicted octanol–water partition coefficient (Wildman–Crippen LogP) is 2.96. The molecular formula is C11H15N3S. The molecule has 0 aromatic carbocycles. The van der Waals surface area contributed by atoms with Crippen LogP contribution in [0.1, 0.15) is 24.2 Å². The molecule has 0 fully saturated rings. The Hall–Kier alpha value is -1.29. The number of nitrogens with one attached hydrogen (secondary N) is 1. The van der Waals surface area contributed by atoms with Crippen molar-refractivity contribution >= 4 is 17.0 Å². The van der Waals surface area contributed by atoms with Crippen molar-refractivity contribution in [3.63, 3.8) is 0 Å². The third-order valence-corrected chi connectivity index (χ3v) is 3.35. The molecule has 3 nitrogen and oxygen atoms in total. The van der Waals surface area contributed by atoms with Crippen LogP contribution in [0.15, 0.2) is 23.0 Å². The van der Waals surface area contributed by atoms with Crippen LogP contribution >= 0.6 is 11.3 Å². The minimum Gasteiger partial charge on any atom is -0.376 e. The summed E-state index contributed by atoms with van der Waals surface area (Å²) in [4.78, 5) is 0. The van der Waals surface area contributed by atoms with E-state index in [-0.39, 0.29) is 0 Å². The zero-order chi connectivity index (χ0) is 10.8. The summed E-state index contributed by atoms with van der Waals surface area (Å²) >= 11 is 1.73. The van der Waals surface area contributed by atoms with Crippen molar-refractivity contribution < 1.29 is 0 Å². The maximum atomic E-state index is 4.21. The first kappa shape index (κ1) is 10.2. The molecule has 1 unspecified atom stereocenters. The van der Waals surface area contributed by atoms with Gasteiger partial charge in [0.2, 0.25) is 0 Å². The Kier molecular flexibility index (Phi) is 2.77. The summed E-state index contributed by atoms with van der Waals surface area (Å²) in [6.07, 6.45) is 1.87. The fourth-order valence-electron chi connectivity index (χ4n) is 1.48. The summed E-state index contributed by atoms with van der Waals surface area (Å²) in [6, 6.07) is 2.48. The van der Waals surface area contributed by atoms with Gasteiger partial charge in [-0.2, -0.15) is 16.4 Å². The number of aromatic nitrogens is 2. The third-order valence-electron chi connectivity index (χ3n) is 2.65. The maximum absolute atomic E-state index is 4.21. The van der Waals surface area contributed by atoms with Gasteiger partial charge in [-0.1, -0.05) is 0 Å². The van der Waals surface area contributed by atoms with Crippen molar-refractivity contribution in [3.05, 3.63) is 34.3 Å². The lowest BCUT2D eigenvalue weighted by Crippen LogP contribution is -2.06. The number of nitrogens with zero attached hydrogens (tertiary/aromatic N) is 2. The Morgan fingerprint density at radius 3 is 2.87 bits per heavy atom. The SMILES string of the molecule is Cc1c(NC(C)c2ccsc2)cnn1C. The van der Waals surface area contributed by atoms with Crippen LogP contribution in [0.3, 0.4) is 0 Å². The van der Waals surface area contributed by atoms with Crippen molar-refractivity contribution in [1.82, 2.24) is 9.78 Å². The molecule has 0 saturated heterocycles. The van der Waals surface area contributed by atoms with Gasteiger partial charge in [0.1, 0.15) is 0 Å². The highest BCUT2D eigenvalue weighted by molar-refractivity contribution is 7.07.